The van der Waals surface area contributed by atoms with Crippen LogP contribution in [0, 0.1) is 13.8 Å². The molecular weight excluding hydrogens is 432 g/mol. The highest BCUT2D eigenvalue weighted by Crippen LogP contribution is 2.36. The van der Waals surface area contributed by atoms with Crippen molar-refractivity contribution in [1.29, 1.82) is 0 Å². The third-order valence-electron chi connectivity index (χ3n) is 6.77. The van der Waals surface area contributed by atoms with Crippen LogP contribution in [0.1, 0.15) is 54.5 Å². The number of morpholine rings is 1. The lowest BCUT2D eigenvalue weighted by molar-refractivity contribution is -0.0755. The first kappa shape index (κ1) is 23.0. The number of nitrogens with zero attached hydrogens (tertiary/aromatic N) is 2. The topological polar surface area (TPSA) is 55.6 Å². The van der Waals surface area contributed by atoms with Crippen LogP contribution in [0.3, 0.4) is 0 Å². The fourth-order valence-electron chi connectivity index (χ4n) is 4.98. The number of rotatable bonds is 6. The van der Waals surface area contributed by atoms with E-state index in [0.717, 1.165) is 61.0 Å². The van der Waals surface area contributed by atoms with Gasteiger partial charge in [-0.25, -0.2) is 4.98 Å². The minimum absolute atomic E-state index is 0.0436. The zero-order valence-electron chi connectivity index (χ0n) is 18.7. The number of hydrogen-bond donors (Lipinski definition) is 0. The summed E-state index contributed by atoms with van der Waals surface area (Å²) in [7, 11) is -0.852. The SMILES string of the molecule is Cc1nc(C2CCC(N3CC(CS(C)=O)OCC3Cc3ccc(Cl)cc3)CC2)oc1C. The first-order valence-corrected chi connectivity index (χ1v) is 13.3. The molecule has 3 atom stereocenters. The summed E-state index contributed by atoms with van der Waals surface area (Å²) in [6, 6.07) is 8.98. The molecule has 0 radical (unpaired) electrons. The van der Waals surface area contributed by atoms with Gasteiger partial charge in [-0.3, -0.25) is 9.11 Å². The third kappa shape index (κ3) is 5.78. The monoisotopic (exact) mass is 464 g/mol. The molecule has 0 N–H and O–H groups in total. The summed E-state index contributed by atoms with van der Waals surface area (Å²) in [6.45, 7) is 5.54. The maximum Gasteiger partial charge on any atom is 0.197 e. The second kappa shape index (κ2) is 10.2. The molecule has 170 valence electrons. The van der Waals surface area contributed by atoms with E-state index in [2.05, 4.69) is 22.0 Å². The van der Waals surface area contributed by atoms with Crippen molar-refractivity contribution in [2.75, 3.05) is 25.2 Å². The fraction of sp³-hybridized carbons (Fsp3) is 0.625. The predicted molar refractivity (Wildman–Crippen MR) is 125 cm³/mol. The maximum atomic E-state index is 11.8. The van der Waals surface area contributed by atoms with Crippen molar-refractivity contribution in [3.8, 4) is 0 Å². The van der Waals surface area contributed by atoms with E-state index in [1.807, 2.05) is 26.0 Å². The summed E-state index contributed by atoms with van der Waals surface area (Å²) in [5, 5.41) is 0.765. The van der Waals surface area contributed by atoms with Crippen LogP contribution >= 0.6 is 11.6 Å². The molecule has 31 heavy (non-hydrogen) atoms. The van der Waals surface area contributed by atoms with Crippen LogP contribution in [-0.4, -0.2) is 57.4 Å². The Hall–Kier alpha value is -1.21. The zero-order chi connectivity index (χ0) is 22.0. The molecule has 0 amide bonds. The first-order chi connectivity index (χ1) is 14.9. The number of oxazole rings is 1. The molecule has 5 nitrogen and oxygen atoms in total. The summed E-state index contributed by atoms with van der Waals surface area (Å²) in [4.78, 5) is 7.29. The van der Waals surface area contributed by atoms with Crippen LogP contribution in [0.25, 0.3) is 0 Å². The van der Waals surface area contributed by atoms with Crippen molar-refractivity contribution in [1.82, 2.24) is 9.88 Å². The number of halogens is 1. The van der Waals surface area contributed by atoms with Crippen molar-refractivity contribution < 1.29 is 13.4 Å². The van der Waals surface area contributed by atoms with E-state index in [1.165, 1.54) is 5.56 Å². The Morgan fingerprint density at radius 1 is 1.16 bits per heavy atom. The van der Waals surface area contributed by atoms with Gasteiger partial charge in [-0.05, 0) is 63.6 Å². The average Bonchev–Trinajstić information content (AvgIpc) is 3.09. The van der Waals surface area contributed by atoms with Gasteiger partial charge in [-0.2, -0.15) is 0 Å². The Morgan fingerprint density at radius 3 is 2.48 bits per heavy atom. The van der Waals surface area contributed by atoms with Crippen molar-refractivity contribution in [2.24, 2.45) is 0 Å². The summed E-state index contributed by atoms with van der Waals surface area (Å²) in [5.41, 5.74) is 2.28. The standard InChI is InChI=1S/C24H33ClN2O3S/c1-16-17(2)30-24(26-16)19-6-10-21(11-7-19)27-13-23(15-31(3)28)29-14-22(27)12-18-4-8-20(25)9-5-18/h4-5,8-9,19,21-23H,6-7,10-15H2,1-3H3. The quantitative estimate of drug-likeness (QED) is 0.622. The molecule has 2 fully saturated rings. The first-order valence-electron chi connectivity index (χ1n) is 11.2. The molecule has 2 aromatic rings. The smallest absolute Gasteiger partial charge is 0.197 e. The molecule has 1 aromatic heterocycles. The average molecular weight is 465 g/mol. The van der Waals surface area contributed by atoms with Crippen molar-refractivity contribution in [3.05, 3.63) is 52.2 Å². The second-order valence-electron chi connectivity index (χ2n) is 9.08. The molecule has 1 aliphatic carbocycles. The Labute approximate surface area is 193 Å². The minimum Gasteiger partial charge on any atom is -0.445 e. The number of hydrogen-bond acceptors (Lipinski definition) is 5. The van der Waals surface area contributed by atoms with E-state index in [4.69, 9.17) is 20.8 Å². The van der Waals surface area contributed by atoms with Crippen LogP contribution in [-0.2, 0) is 22.0 Å². The van der Waals surface area contributed by atoms with E-state index >= 15 is 0 Å². The fourth-order valence-corrected chi connectivity index (χ4v) is 5.84. The molecule has 1 saturated heterocycles. The third-order valence-corrected chi connectivity index (χ3v) is 7.87. The molecule has 4 rings (SSSR count). The Balaban J connectivity index is 1.44. The summed E-state index contributed by atoms with van der Waals surface area (Å²) < 4.78 is 23.9. The summed E-state index contributed by atoms with van der Waals surface area (Å²) >= 11 is 6.07. The van der Waals surface area contributed by atoms with Crippen molar-refractivity contribution >= 4 is 22.4 Å². The largest absolute Gasteiger partial charge is 0.445 e. The lowest BCUT2D eigenvalue weighted by atomic mass is 9.84. The highest BCUT2D eigenvalue weighted by atomic mass is 35.5. The molecule has 1 aromatic carbocycles. The van der Waals surface area contributed by atoms with Gasteiger partial charge in [-0.15, -0.1) is 0 Å². The van der Waals surface area contributed by atoms with E-state index in [0.29, 0.717) is 30.4 Å². The molecule has 0 spiro atoms. The number of aromatic nitrogens is 1. The van der Waals surface area contributed by atoms with Gasteiger partial charge in [0.2, 0.25) is 0 Å². The summed E-state index contributed by atoms with van der Waals surface area (Å²) in [6.07, 6.45) is 7.20. The minimum atomic E-state index is -0.852. The molecule has 7 heteroatoms. The van der Waals surface area contributed by atoms with Gasteiger partial charge in [0.25, 0.3) is 0 Å². The Kier molecular flexibility index (Phi) is 7.52. The van der Waals surface area contributed by atoms with Crippen molar-refractivity contribution in [3.63, 3.8) is 0 Å². The molecular formula is C24H33ClN2O3S. The molecule has 1 aliphatic heterocycles. The van der Waals surface area contributed by atoms with Crippen LogP contribution in [0.15, 0.2) is 28.7 Å². The van der Waals surface area contributed by atoms with Crippen LogP contribution in [0.5, 0.6) is 0 Å². The predicted octanol–water partition coefficient (Wildman–Crippen LogP) is 4.66. The van der Waals surface area contributed by atoms with E-state index < -0.39 is 10.8 Å². The maximum absolute atomic E-state index is 11.8. The van der Waals surface area contributed by atoms with Crippen LogP contribution in [0.4, 0.5) is 0 Å². The zero-order valence-corrected chi connectivity index (χ0v) is 20.3. The van der Waals surface area contributed by atoms with Gasteiger partial charge in [0.05, 0.1) is 24.2 Å². The van der Waals surface area contributed by atoms with Gasteiger partial charge < -0.3 is 9.15 Å². The van der Waals surface area contributed by atoms with Crippen molar-refractivity contribution in [2.45, 2.75) is 70.1 Å². The number of benzene rings is 1. The lowest BCUT2D eigenvalue weighted by Crippen LogP contribution is -2.56. The molecule has 1 saturated carbocycles. The summed E-state index contributed by atoms with van der Waals surface area (Å²) in [5.74, 6) is 2.86. The van der Waals surface area contributed by atoms with E-state index in [9.17, 15) is 4.21 Å². The van der Waals surface area contributed by atoms with Crippen LogP contribution < -0.4 is 0 Å². The van der Waals surface area contributed by atoms with Gasteiger partial charge in [-0.1, -0.05) is 23.7 Å². The number of aryl methyl sites for hydroxylation is 2. The molecule has 3 unspecified atom stereocenters. The molecule has 2 aliphatic rings. The van der Waals surface area contributed by atoms with E-state index in [1.54, 1.807) is 6.26 Å². The van der Waals surface area contributed by atoms with Gasteiger partial charge in [0.15, 0.2) is 5.89 Å². The molecule has 0 bridgehead atoms. The highest BCUT2D eigenvalue weighted by molar-refractivity contribution is 7.84. The molecule has 2 heterocycles. The van der Waals surface area contributed by atoms with Gasteiger partial charge in [0.1, 0.15) is 5.76 Å². The van der Waals surface area contributed by atoms with Gasteiger partial charge >= 0.3 is 0 Å². The van der Waals surface area contributed by atoms with Gasteiger partial charge in [0, 0.05) is 46.6 Å². The van der Waals surface area contributed by atoms with E-state index in [-0.39, 0.29) is 6.10 Å². The Bertz CT molecular complexity index is 873. The number of ether oxygens (including phenoxy) is 1. The highest BCUT2D eigenvalue weighted by Gasteiger charge is 2.37. The Morgan fingerprint density at radius 2 is 1.87 bits per heavy atom. The lowest BCUT2D eigenvalue weighted by Gasteiger charge is -2.46. The normalized spacial score (nSPS) is 28.5. The second-order valence-corrected chi connectivity index (χ2v) is 11.0. The van der Waals surface area contributed by atoms with Crippen LogP contribution in [0.2, 0.25) is 5.02 Å².